The number of nitrogens with one attached hydrogen (secondary N) is 1. The Morgan fingerprint density at radius 3 is 2.45 bits per heavy atom. The fourth-order valence-corrected chi connectivity index (χ4v) is 5.11. The molecule has 9 nitrogen and oxygen atoms in total. The fraction of sp³-hybridized carbons (Fsp3) is 0.226. The zero-order valence-corrected chi connectivity index (χ0v) is 22.8. The molecular formula is C31H30N8O. The molecule has 1 N–H and O–H groups in total. The van der Waals surface area contributed by atoms with Gasteiger partial charge in [-0.3, -0.25) is 0 Å². The first-order valence-corrected chi connectivity index (χ1v) is 13.5. The lowest BCUT2D eigenvalue weighted by atomic mass is 9.98. The highest BCUT2D eigenvalue weighted by Gasteiger charge is 2.19. The van der Waals surface area contributed by atoms with E-state index < -0.39 is 0 Å². The average molecular weight is 531 g/mol. The Bertz CT molecular complexity index is 1790. The number of rotatable bonds is 8. The first-order valence-electron chi connectivity index (χ1n) is 13.5. The number of unbranched alkanes of at least 4 members (excludes halogenated alkanes) is 1. The maximum Gasteiger partial charge on any atom is 0.225 e. The van der Waals surface area contributed by atoms with E-state index in [4.69, 9.17) is 9.97 Å². The molecule has 0 bridgehead atoms. The van der Waals surface area contributed by atoms with Crippen molar-refractivity contribution >= 4 is 11.2 Å². The predicted octanol–water partition coefficient (Wildman–Crippen LogP) is 5.59. The number of nitrogens with zero attached hydrogens (tertiary/aromatic N) is 7. The van der Waals surface area contributed by atoms with Gasteiger partial charge in [0.2, 0.25) is 5.69 Å². The second-order valence-corrected chi connectivity index (χ2v) is 10.1. The number of aromatic amines is 1. The summed E-state index contributed by atoms with van der Waals surface area (Å²) in [5.41, 5.74) is 8.99. The van der Waals surface area contributed by atoms with Crippen molar-refractivity contribution in [2.75, 3.05) is 0 Å². The van der Waals surface area contributed by atoms with Crippen LogP contribution in [0.1, 0.15) is 42.4 Å². The van der Waals surface area contributed by atoms with Crippen molar-refractivity contribution in [3.8, 4) is 33.8 Å². The van der Waals surface area contributed by atoms with Crippen LogP contribution in [0.2, 0.25) is 0 Å². The minimum Gasteiger partial charge on any atom is -0.618 e. The molecule has 40 heavy (non-hydrogen) atoms. The monoisotopic (exact) mass is 530 g/mol. The van der Waals surface area contributed by atoms with E-state index in [9.17, 15) is 5.21 Å². The number of fused-ring (bicyclic) bond motifs is 1. The summed E-state index contributed by atoms with van der Waals surface area (Å²) in [4.78, 5) is 9.96. The van der Waals surface area contributed by atoms with Crippen LogP contribution in [-0.4, -0.2) is 35.2 Å². The van der Waals surface area contributed by atoms with Crippen LogP contribution in [0.15, 0.2) is 72.9 Å². The second kappa shape index (κ2) is 10.7. The fourth-order valence-electron chi connectivity index (χ4n) is 5.11. The van der Waals surface area contributed by atoms with Crippen molar-refractivity contribution in [3.05, 3.63) is 101 Å². The molecule has 0 aliphatic carbocycles. The number of benzene rings is 2. The molecule has 4 aromatic heterocycles. The van der Waals surface area contributed by atoms with Crippen LogP contribution in [0.5, 0.6) is 0 Å². The summed E-state index contributed by atoms with van der Waals surface area (Å²) < 4.78 is 3.13. The van der Waals surface area contributed by atoms with E-state index in [1.165, 1.54) is 0 Å². The first-order chi connectivity index (χ1) is 19.5. The quantitative estimate of drug-likeness (QED) is 0.203. The van der Waals surface area contributed by atoms with Gasteiger partial charge in [0, 0.05) is 23.6 Å². The number of aryl methyl sites for hydroxylation is 3. The van der Waals surface area contributed by atoms with Crippen molar-refractivity contribution in [1.29, 1.82) is 0 Å². The molecule has 4 heterocycles. The normalized spacial score (nSPS) is 11.4. The topological polar surface area (TPSA) is 112 Å². The molecule has 0 aliphatic heterocycles. The summed E-state index contributed by atoms with van der Waals surface area (Å²) in [5, 5.41) is 27.1. The van der Waals surface area contributed by atoms with Gasteiger partial charge in [0.05, 0.1) is 17.8 Å². The Hall–Kier alpha value is -4.92. The van der Waals surface area contributed by atoms with Gasteiger partial charge in [0.1, 0.15) is 11.3 Å². The minimum absolute atomic E-state index is 0.583. The highest BCUT2D eigenvalue weighted by molar-refractivity contribution is 5.81. The molecule has 0 unspecified atom stereocenters. The van der Waals surface area contributed by atoms with Gasteiger partial charge >= 0.3 is 0 Å². The number of pyridine rings is 2. The van der Waals surface area contributed by atoms with Crippen LogP contribution in [-0.2, 0) is 13.0 Å². The highest BCUT2D eigenvalue weighted by Crippen LogP contribution is 2.30. The van der Waals surface area contributed by atoms with Crippen LogP contribution in [0.25, 0.3) is 44.9 Å². The van der Waals surface area contributed by atoms with Gasteiger partial charge in [0.25, 0.3) is 0 Å². The smallest absolute Gasteiger partial charge is 0.225 e. The molecule has 0 radical (unpaired) electrons. The summed E-state index contributed by atoms with van der Waals surface area (Å²) in [6.45, 7) is 6.70. The van der Waals surface area contributed by atoms with Gasteiger partial charge in [-0.2, -0.15) is 4.73 Å². The Labute approximate surface area is 232 Å². The van der Waals surface area contributed by atoms with E-state index in [2.05, 4.69) is 62.4 Å². The summed E-state index contributed by atoms with van der Waals surface area (Å²) in [7, 11) is 0. The lowest BCUT2D eigenvalue weighted by Gasteiger charge is -2.12. The highest BCUT2D eigenvalue weighted by atomic mass is 16.5. The Morgan fingerprint density at radius 1 is 0.925 bits per heavy atom. The average Bonchev–Trinajstić information content (AvgIpc) is 3.61. The lowest BCUT2D eigenvalue weighted by Crippen LogP contribution is -2.29. The third-order valence-corrected chi connectivity index (χ3v) is 7.22. The summed E-state index contributed by atoms with van der Waals surface area (Å²) in [6.07, 6.45) is 4.58. The summed E-state index contributed by atoms with van der Waals surface area (Å²) in [6, 6.07) is 22.4. The molecule has 0 saturated heterocycles. The third kappa shape index (κ3) is 4.82. The van der Waals surface area contributed by atoms with Gasteiger partial charge in [-0.05, 0) is 59.5 Å². The molecule has 6 rings (SSSR count). The van der Waals surface area contributed by atoms with Crippen molar-refractivity contribution in [2.45, 2.75) is 46.6 Å². The van der Waals surface area contributed by atoms with Crippen molar-refractivity contribution in [3.63, 3.8) is 0 Å². The molecule has 0 spiro atoms. The molecule has 2 aromatic carbocycles. The van der Waals surface area contributed by atoms with Gasteiger partial charge in [-0.25, -0.2) is 15.1 Å². The van der Waals surface area contributed by atoms with Crippen molar-refractivity contribution in [1.82, 2.24) is 35.2 Å². The van der Waals surface area contributed by atoms with Crippen LogP contribution >= 0.6 is 0 Å². The Kier molecular flexibility index (Phi) is 6.77. The molecule has 0 atom stereocenters. The van der Waals surface area contributed by atoms with E-state index in [1.807, 2.05) is 50.2 Å². The largest absolute Gasteiger partial charge is 0.618 e. The van der Waals surface area contributed by atoms with E-state index in [-0.39, 0.29) is 0 Å². The third-order valence-electron chi connectivity index (χ3n) is 7.22. The number of hydrogen-bond donors (Lipinski definition) is 1. The number of aromatic nitrogens is 8. The van der Waals surface area contributed by atoms with Crippen molar-refractivity contribution < 1.29 is 4.73 Å². The lowest BCUT2D eigenvalue weighted by molar-refractivity contribution is -0.594. The molecule has 0 amide bonds. The Morgan fingerprint density at radius 2 is 1.73 bits per heavy atom. The maximum atomic E-state index is 12.7. The number of hydrogen-bond acceptors (Lipinski definition) is 6. The molecular weight excluding hydrogens is 500 g/mol. The van der Waals surface area contributed by atoms with E-state index in [0.717, 1.165) is 80.1 Å². The molecule has 200 valence electrons. The number of H-pyrrole nitrogens is 1. The van der Waals surface area contributed by atoms with Crippen LogP contribution in [0.3, 0.4) is 0 Å². The maximum absolute atomic E-state index is 12.7. The van der Waals surface area contributed by atoms with E-state index in [0.29, 0.717) is 18.1 Å². The van der Waals surface area contributed by atoms with Gasteiger partial charge < -0.3 is 9.77 Å². The SMILES string of the molecule is CCCCc1nc2cc(-c3ccc(C)c[n+]3[O-])c(C)nc2n1Cc1ccc(-c2ccccc2-c2nnn[nH]2)cc1. The Balaban J connectivity index is 1.36. The van der Waals surface area contributed by atoms with Crippen molar-refractivity contribution in [2.24, 2.45) is 0 Å². The second-order valence-electron chi connectivity index (χ2n) is 10.1. The number of tetrazole rings is 1. The summed E-state index contributed by atoms with van der Waals surface area (Å²) in [5.74, 6) is 1.64. The van der Waals surface area contributed by atoms with Crippen LogP contribution in [0, 0.1) is 19.1 Å². The van der Waals surface area contributed by atoms with Crippen LogP contribution < -0.4 is 4.73 Å². The molecule has 0 aliphatic rings. The van der Waals surface area contributed by atoms with Gasteiger partial charge in [0.15, 0.2) is 17.7 Å². The molecule has 0 fully saturated rings. The predicted molar refractivity (Wildman–Crippen MR) is 154 cm³/mol. The van der Waals surface area contributed by atoms with Crippen LogP contribution in [0.4, 0.5) is 0 Å². The zero-order valence-electron chi connectivity index (χ0n) is 22.8. The van der Waals surface area contributed by atoms with Gasteiger partial charge in [-0.15, -0.1) is 5.10 Å². The molecule has 0 saturated carbocycles. The molecule has 6 aromatic rings. The minimum atomic E-state index is 0.583. The van der Waals surface area contributed by atoms with E-state index in [1.54, 1.807) is 6.20 Å². The standard InChI is InChI=1S/C31H30N8O/c1-4-5-10-29-33-27-17-26(28-16-11-20(2)18-39(28)40)21(3)32-31(27)38(29)19-22-12-14-23(15-13-22)24-8-6-7-9-25(24)30-34-36-37-35-30/h6-9,11-18H,4-5,10,19H2,1-3H3,(H,34,35,36,37). The summed E-state index contributed by atoms with van der Waals surface area (Å²) >= 11 is 0. The van der Waals surface area contributed by atoms with Gasteiger partial charge in [-0.1, -0.05) is 61.9 Å². The zero-order chi connectivity index (χ0) is 27.6. The first kappa shape index (κ1) is 25.4. The molecule has 9 heteroatoms. The van der Waals surface area contributed by atoms with E-state index >= 15 is 0 Å². The number of imidazole rings is 1.